The summed E-state index contributed by atoms with van der Waals surface area (Å²) < 4.78 is 44.4. The van der Waals surface area contributed by atoms with Crippen LogP contribution in [0, 0.1) is 5.82 Å². The number of anilines is 1. The van der Waals surface area contributed by atoms with Gasteiger partial charge in [0.1, 0.15) is 5.82 Å². The Morgan fingerprint density at radius 3 is 2.74 bits per heavy atom. The fraction of sp³-hybridized carbons (Fsp3) is 0.455. The predicted molar refractivity (Wildman–Crippen MR) is 68.5 cm³/mol. The van der Waals surface area contributed by atoms with Gasteiger partial charge in [-0.05, 0) is 24.6 Å². The first-order chi connectivity index (χ1) is 8.90. The second-order valence-corrected chi connectivity index (χ2v) is 5.68. The monoisotopic (exact) mass is 292 g/mol. The van der Waals surface area contributed by atoms with Crippen LogP contribution in [0.3, 0.4) is 0 Å². The second kappa shape index (κ2) is 6.80. The van der Waals surface area contributed by atoms with Crippen LogP contribution >= 0.6 is 0 Å². The highest BCUT2D eigenvalue weighted by Crippen LogP contribution is 2.16. The highest BCUT2D eigenvalue weighted by molar-refractivity contribution is 7.89. The number of methoxy groups -OCH3 is 1. The molecule has 0 amide bonds. The van der Waals surface area contributed by atoms with E-state index >= 15 is 0 Å². The Labute approximate surface area is 111 Å². The molecule has 6 nitrogen and oxygen atoms in total. The van der Waals surface area contributed by atoms with Crippen molar-refractivity contribution >= 4 is 15.7 Å². The van der Waals surface area contributed by atoms with E-state index in [2.05, 4.69) is 4.72 Å². The lowest BCUT2D eigenvalue weighted by Crippen LogP contribution is -2.38. The molecule has 0 aliphatic carbocycles. The first-order valence-electron chi connectivity index (χ1n) is 5.58. The molecular weight excluding hydrogens is 275 g/mol. The minimum absolute atomic E-state index is 0.108. The molecule has 0 bridgehead atoms. The smallest absolute Gasteiger partial charge is 0.241 e. The first-order valence-corrected chi connectivity index (χ1v) is 7.06. The molecule has 1 aromatic carbocycles. The topological polar surface area (TPSA) is 102 Å². The third-order valence-electron chi connectivity index (χ3n) is 2.45. The van der Waals surface area contributed by atoms with Gasteiger partial charge >= 0.3 is 0 Å². The van der Waals surface area contributed by atoms with Crippen LogP contribution in [0.5, 0.6) is 0 Å². The third-order valence-corrected chi connectivity index (χ3v) is 3.97. The van der Waals surface area contributed by atoms with Gasteiger partial charge < -0.3 is 15.6 Å². The molecule has 1 aromatic rings. The minimum Gasteiger partial charge on any atom is -0.396 e. The average Bonchev–Trinajstić information content (AvgIpc) is 2.32. The fourth-order valence-electron chi connectivity index (χ4n) is 1.50. The molecule has 1 unspecified atom stereocenters. The maximum atomic E-state index is 13.3. The second-order valence-electron chi connectivity index (χ2n) is 3.97. The number of hydrogen-bond donors (Lipinski definition) is 3. The van der Waals surface area contributed by atoms with Gasteiger partial charge in [0, 0.05) is 19.8 Å². The summed E-state index contributed by atoms with van der Waals surface area (Å²) in [6.45, 7) is -0.0795. The molecule has 0 aromatic heterocycles. The van der Waals surface area contributed by atoms with E-state index in [9.17, 15) is 12.8 Å². The van der Waals surface area contributed by atoms with Crippen LogP contribution in [-0.4, -0.2) is 39.9 Å². The first kappa shape index (κ1) is 15.8. The summed E-state index contributed by atoms with van der Waals surface area (Å²) in [4.78, 5) is -0.224. The van der Waals surface area contributed by atoms with Gasteiger partial charge in [-0.1, -0.05) is 0 Å². The van der Waals surface area contributed by atoms with Crippen molar-refractivity contribution in [2.75, 3.05) is 26.1 Å². The average molecular weight is 292 g/mol. The van der Waals surface area contributed by atoms with Crippen molar-refractivity contribution in [2.24, 2.45) is 0 Å². The van der Waals surface area contributed by atoms with Gasteiger partial charge in [-0.15, -0.1) is 0 Å². The standard InChI is InChI=1S/C11H17FN2O4S/c1-18-7-8(4-5-15)14-19(16,17)9-2-3-11(13)10(12)6-9/h2-3,6,8,14-15H,4-5,7,13H2,1H3. The molecule has 19 heavy (non-hydrogen) atoms. The van der Waals surface area contributed by atoms with Gasteiger partial charge in [-0.3, -0.25) is 0 Å². The maximum Gasteiger partial charge on any atom is 0.241 e. The Morgan fingerprint density at radius 1 is 1.53 bits per heavy atom. The number of halogens is 1. The lowest BCUT2D eigenvalue weighted by molar-refractivity contribution is 0.158. The Kier molecular flexibility index (Phi) is 5.67. The fourth-order valence-corrected chi connectivity index (χ4v) is 2.76. The molecule has 0 aliphatic heterocycles. The van der Waals surface area contributed by atoms with Crippen LogP contribution in [0.15, 0.2) is 23.1 Å². The van der Waals surface area contributed by atoms with E-state index in [0.717, 1.165) is 6.07 Å². The van der Waals surface area contributed by atoms with Crippen molar-refractivity contribution in [1.82, 2.24) is 4.72 Å². The van der Waals surface area contributed by atoms with Crippen LogP contribution < -0.4 is 10.5 Å². The molecule has 4 N–H and O–H groups in total. The van der Waals surface area contributed by atoms with Gasteiger partial charge in [0.2, 0.25) is 10.0 Å². The Bertz CT molecular complexity index is 515. The molecule has 0 spiro atoms. The largest absolute Gasteiger partial charge is 0.396 e. The van der Waals surface area contributed by atoms with Crippen LogP contribution in [-0.2, 0) is 14.8 Å². The van der Waals surface area contributed by atoms with E-state index in [1.54, 1.807) is 0 Å². The molecule has 0 fully saturated rings. The van der Waals surface area contributed by atoms with E-state index in [1.807, 2.05) is 0 Å². The molecule has 0 radical (unpaired) electrons. The summed E-state index contributed by atoms with van der Waals surface area (Å²) in [5, 5.41) is 8.84. The molecule has 0 heterocycles. The number of rotatable bonds is 7. The number of sulfonamides is 1. The molecule has 0 saturated heterocycles. The third kappa shape index (κ3) is 4.43. The van der Waals surface area contributed by atoms with Gasteiger partial charge in [-0.2, -0.15) is 0 Å². The van der Waals surface area contributed by atoms with Crippen molar-refractivity contribution in [1.29, 1.82) is 0 Å². The van der Waals surface area contributed by atoms with E-state index in [4.69, 9.17) is 15.6 Å². The maximum absolute atomic E-state index is 13.3. The number of nitrogen functional groups attached to an aromatic ring is 1. The zero-order chi connectivity index (χ0) is 14.5. The summed E-state index contributed by atoms with van der Waals surface area (Å²) in [6, 6.07) is 2.66. The number of aliphatic hydroxyl groups excluding tert-OH is 1. The van der Waals surface area contributed by atoms with Crippen LogP contribution in [0.1, 0.15) is 6.42 Å². The molecule has 1 rings (SSSR count). The molecule has 108 valence electrons. The zero-order valence-electron chi connectivity index (χ0n) is 10.5. The molecule has 0 saturated carbocycles. The van der Waals surface area contributed by atoms with Gasteiger partial charge in [0.25, 0.3) is 0 Å². The van der Waals surface area contributed by atoms with Crippen molar-refractivity contribution in [2.45, 2.75) is 17.4 Å². The summed E-state index contributed by atoms with van der Waals surface area (Å²) >= 11 is 0. The number of ether oxygens (including phenoxy) is 1. The lowest BCUT2D eigenvalue weighted by Gasteiger charge is -2.17. The van der Waals surface area contributed by atoms with E-state index < -0.39 is 21.9 Å². The van der Waals surface area contributed by atoms with Crippen LogP contribution in [0.25, 0.3) is 0 Å². The quantitative estimate of drug-likeness (QED) is 0.618. The SMILES string of the molecule is COCC(CCO)NS(=O)(=O)c1ccc(N)c(F)c1. The van der Waals surface area contributed by atoms with Gasteiger partial charge in [0.15, 0.2) is 0 Å². The molecular formula is C11H17FN2O4S. The van der Waals surface area contributed by atoms with Crippen LogP contribution in [0.4, 0.5) is 10.1 Å². The predicted octanol–water partition coefficient (Wildman–Crippen LogP) is 0.0836. The summed E-state index contributed by atoms with van der Waals surface area (Å²) in [5.74, 6) is -0.798. The zero-order valence-corrected chi connectivity index (χ0v) is 11.3. The molecule has 1 atom stereocenters. The molecule has 0 aliphatic rings. The van der Waals surface area contributed by atoms with Gasteiger partial charge in [0.05, 0.1) is 17.2 Å². The summed E-state index contributed by atoms with van der Waals surface area (Å²) in [5.41, 5.74) is 5.16. The lowest BCUT2D eigenvalue weighted by atomic mass is 10.2. The highest BCUT2D eigenvalue weighted by Gasteiger charge is 2.20. The van der Waals surface area contributed by atoms with E-state index in [0.29, 0.717) is 0 Å². The van der Waals surface area contributed by atoms with Crippen molar-refractivity contribution < 1.29 is 22.7 Å². The Hall–Kier alpha value is -1.22. The highest BCUT2D eigenvalue weighted by atomic mass is 32.2. The Balaban J connectivity index is 2.92. The van der Waals surface area contributed by atoms with Crippen molar-refractivity contribution in [3.05, 3.63) is 24.0 Å². The number of aliphatic hydroxyl groups is 1. The number of nitrogens with one attached hydrogen (secondary N) is 1. The number of benzene rings is 1. The number of hydrogen-bond acceptors (Lipinski definition) is 5. The molecule has 8 heteroatoms. The summed E-state index contributed by atoms with van der Waals surface area (Å²) in [7, 11) is -2.46. The van der Waals surface area contributed by atoms with E-state index in [-0.39, 0.29) is 30.2 Å². The van der Waals surface area contributed by atoms with Crippen molar-refractivity contribution in [3.63, 3.8) is 0 Å². The van der Waals surface area contributed by atoms with Gasteiger partial charge in [-0.25, -0.2) is 17.5 Å². The summed E-state index contributed by atoms with van der Waals surface area (Å²) in [6.07, 6.45) is 0.199. The Morgan fingerprint density at radius 2 is 2.21 bits per heavy atom. The van der Waals surface area contributed by atoms with Crippen molar-refractivity contribution in [3.8, 4) is 0 Å². The normalized spacial score (nSPS) is 13.4. The van der Waals surface area contributed by atoms with Crippen LogP contribution in [0.2, 0.25) is 0 Å². The number of nitrogens with two attached hydrogens (primary N) is 1. The minimum atomic E-state index is -3.88. The van der Waals surface area contributed by atoms with E-state index in [1.165, 1.54) is 19.2 Å².